The molecule has 1 aromatic rings. The molecule has 1 aliphatic heterocycles. The van der Waals surface area contributed by atoms with Crippen LogP contribution in [-0.4, -0.2) is 31.2 Å². The number of hydrogen-bond donors (Lipinski definition) is 0. The average molecular weight is 235 g/mol. The number of hydrogen-bond acceptors (Lipinski definition) is 3. The summed E-state index contributed by atoms with van der Waals surface area (Å²) in [5, 5.41) is 1.42. The topological polar surface area (TPSA) is 38.8 Å². The second-order valence-corrected chi connectivity index (χ2v) is 4.01. The summed E-state index contributed by atoms with van der Waals surface area (Å²) in [6.07, 6.45) is 1.42. The highest BCUT2D eigenvalue weighted by atomic mass is 16.7. The van der Waals surface area contributed by atoms with Crippen LogP contribution in [0.15, 0.2) is 30.3 Å². The number of rotatable bonds is 3. The first-order valence-corrected chi connectivity index (χ1v) is 5.85. The largest absolute Gasteiger partial charge is 0.367 e. The van der Waals surface area contributed by atoms with E-state index in [0.717, 1.165) is 18.4 Å². The number of hydroxylamine groups is 2. The van der Waals surface area contributed by atoms with Gasteiger partial charge in [0.25, 0.3) is 5.91 Å². The molecule has 1 aromatic carbocycles. The maximum absolute atomic E-state index is 12.2. The van der Waals surface area contributed by atoms with Crippen LogP contribution in [0.2, 0.25) is 0 Å². The van der Waals surface area contributed by atoms with E-state index in [1.807, 2.05) is 30.3 Å². The molecule has 1 fully saturated rings. The van der Waals surface area contributed by atoms with Crippen molar-refractivity contribution in [2.24, 2.45) is 0 Å². The van der Waals surface area contributed by atoms with Gasteiger partial charge in [-0.05, 0) is 18.4 Å². The van der Waals surface area contributed by atoms with E-state index < -0.39 is 6.10 Å². The minimum atomic E-state index is -0.575. The van der Waals surface area contributed by atoms with E-state index in [1.165, 1.54) is 5.06 Å². The summed E-state index contributed by atoms with van der Waals surface area (Å²) in [5.41, 5.74) is 0.856. The third kappa shape index (κ3) is 2.84. The van der Waals surface area contributed by atoms with Gasteiger partial charge in [0.15, 0.2) is 6.10 Å². The average Bonchev–Trinajstić information content (AvgIpc) is 2.42. The summed E-state index contributed by atoms with van der Waals surface area (Å²) < 4.78 is 5.28. The van der Waals surface area contributed by atoms with Crippen LogP contribution >= 0.6 is 0 Å². The van der Waals surface area contributed by atoms with Gasteiger partial charge in [-0.25, -0.2) is 5.06 Å². The monoisotopic (exact) mass is 235 g/mol. The number of nitrogens with zero attached hydrogens (tertiary/aromatic N) is 1. The lowest BCUT2D eigenvalue weighted by Crippen LogP contribution is -2.39. The molecule has 92 valence electrons. The van der Waals surface area contributed by atoms with Gasteiger partial charge in [0.05, 0.1) is 6.61 Å². The van der Waals surface area contributed by atoms with E-state index in [4.69, 9.17) is 9.57 Å². The Balaban J connectivity index is 2.10. The molecule has 0 bridgehead atoms. The molecule has 4 heteroatoms. The number of carbonyl (C=O) groups excluding carboxylic acids is 1. The molecule has 0 saturated carbocycles. The molecule has 4 nitrogen and oxygen atoms in total. The highest BCUT2D eigenvalue weighted by Gasteiger charge is 2.27. The van der Waals surface area contributed by atoms with Crippen LogP contribution in [0, 0.1) is 0 Å². The van der Waals surface area contributed by atoms with Gasteiger partial charge in [-0.15, -0.1) is 0 Å². The fourth-order valence-electron chi connectivity index (χ4n) is 1.91. The quantitative estimate of drug-likeness (QED) is 0.803. The molecular weight excluding hydrogens is 218 g/mol. The number of benzene rings is 1. The Morgan fingerprint density at radius 2 is 2.12 bits per heavy atom. The van der Waals surface area contributed by atoms with Crippen molar-refractivity contribution in [3.8, 4) is 0 Å². The zero-order valence-corrected chi connectivity index (χ0v) is 9.96. The maximum Gasteiger partial charge on any atom is 0.279 e. The zero-order chi connectivity index (χ0) is 12.1. The van der Waals surface area contributed by atoms with E-state index in [2.05, 4.69) is 0 Å². The summed E-state index contributed by atoms with van der Waals surface area (Å²) >= 11 is 0. The van der Waals surface area contributed by atoms with E-state index in [9.17, 15) is 4.79 Å². The fourth-order valence-corrected chi connectivity index (χ4v) is 1.91. The molecule has 2 rings (SSSR count). The van der Waals surface area contributed by atoms with Crippen LogP contribution in [0.25, 0.3) is 0 Å². The van der Waals surface area contributed by atoms with E-state index >= 15 is 0 Å². The SMILES string of the molecule is COC(C(=O)N1CCCCO1)c1ccccc1. The number of methoxy groups -OCH3 is 1. The van der Waals surface area contributed by atoms with Crippen molar-refractivity contribution in [1.29, 1.82) is 0 Å². The molecule has 1 amide bonds. The third-order valence-electron chi connectivity index (χ3n) is 2.81. The molecule has 1 aliphatic rings. The molecule has 0 N–H and O–H groups in total. The van der Waals surface area contributed by atoms with Gasteiger partial charge in [-0.3, -0.25) is 9.63 Å². The molecule has 17 heavy (non-hydrogen) atoms. The van der Waals surface area contributed by atoms with Crippen molar-refractivity contribution >= 4 is 5.91 Å². The maximum atomic E-state index is 12.2. The normalized spacial score (nSPS) is 17.8. The first-order valence-electron chi connectivity index (χ1n) is 5.85. The Bertz CT molecular complexity index is 360. The summed E-state index contributed by atoms with van der Waals surface area (Å²) in [6.45, 7) is 1.25. The second-order valence-electron chi connectivity index (χ2n) is 4.01. The highest BCUT2D eigenvalue weighted by Crippen LogP contribution is 2.21. The van der Waals surface area contributed by atoms with Crippen molar-refractivity contribution in [3.05, 3.63) is 35.9 Å². The molecule has 1 atom stereocenters. The fraction of sp³-hybridized carbons (Fsp3) is 0.462. The minimum Gasteiger partial charge on any atom is -0.367 e. The Morgan fingerprint density at radius 1 is 1.35 bits per heavy atom. The summed E-state index contributed by atoms with van der Waals surface area (Å²) in [7, 11) is 1.54. The first kappa shape index (κ1) is 12.1. The number of amides is 1. The zero-order valence-electron chi connectivity index (χ0n) is 9.96. The van der Waals surface area contributed by atoms with Crippen molar-refractivity contribution in [2.75, 3.05) is 20.3 Å². The van der Waals surface area contributed by atoms with Gasteiger partial charge in [0, 0.05) is 13.7 Å². The molecule has 0 radical (unpaired) electrons. The Kier molecular flexibility index (Phi) is 4.12. The van der Waals surface area contributed by atoms with Crippen molar-refractivity contribution in [2.45, 2.75) is 18.9 Å². The van der Waals surface area contributed by atoms with E-state index in [-0.39, 0.29) is 5.91 Å². The third-order valence-corrected chi connectivity index (χ3v) is 2.81. The van der Waals surface area contributed by atoms with Crippen LogP contribution in [0.1, 0.15) is 24.5 Å². The molecular formula is C13H17NO3. The summed E-state index contributed by atoms with van der Waals surface area (Å²) in [6, 6.07) is 9.47. The lowest BCUT2D eigenvalue weighted by molar-refractivity contribution is -0.206. The number of carbonyl (C=O) groups is 1. The van der Waals surface area contributed by atoms with Gasteiger partial charge in [0.1, 0.15) is 0 Å². The van der Waals surface area contributed by atoms with Gasteiger partial charge >= 0.3 is 0 Å². The van der Waals surface area contributed by atoms with Gasteiger partial charge in [0.2, 0.25) is 0 Å². The van der Waals surface area contributed by atoms with Gasteiger partial charge in [-0.2, -0.15) is 0 Å². The predicted octanol–water partition coefficient (Wildman–Crippen LogP) is 1.93. The van der Waals surface area contributed by atoms with Gasteiger partial charge < -0.3 is 4.74 Å². The molecule has 0 spiro atoms. The second kappa shape index (κ2) is 5.80. The Labute approximate surface area is 101 Å². The summed E-state index contributed by atoms with van der Waals surface area (Å²) in [4.78, 5) is 17.6. The van der Waals surface area contributed by atoms with Crippen molar-refractivity contribution < 1.29 is 14.4 Å². The molecule has 1 heterocycles. The van der Waals surface area contributed by atoms with Crippen molar-refractivity contribution in [3.63, 3.8) is 0 Å². The van der Waals surface area contributed by atoms with Crippen LogP contribution in [0.5, 0.6) is 0 Å². The predicted molar refractivity (Wildman–Crippen MR) is 63.1 cm³/mol. The van der Waals surface area contributed by atoms with E-state index in [1.54, 1.807) is 7.11 Å². The Morgan fingerprint density at radius 3 is 2.71 bits per heavy atom. The van der Waals surface area contributed by atoms with Crippen LogP contribution in [-0.2, 0) is 14.4 Å². The van der Waals surface area contributed by atoms with Gasteiger partial charge in [-0.1, -0.05) is 30.3 Å². The highest BCUT2D eigenvalue weighted by molar-refractivity contribution is 5.81. The van der Waals surface area contributed by atoms with Crippen LogP contribution < -0.4 is 0 Å². The lowest BCUT2D eigenvalue weighted by Gasteiger charge is -2.29. The van der Waals surface area contributed by atoms with E-state index in [0.29, 0.717) is 13.2 Å². The molecule has 1 unspecified atom stereocenters. The number of ether oxygens (including phenoxy) is 1. The first-order chi connectivity index (χ1) is 8.33. The lowest BCUT2D eigenvalue weighted by atomic mass is 10.1. The van der Waals surface area contributed by atoms with Crippen LogP contribution in [0.4, 0.5) is 0 Å². The summed E-state index contributed by atoms with van der Waals surface area (Å²) in [5.74, 6) is -0.126. The molecule has 0 aromatic heterocycles. The molecule has 1 saturated heterocycles. The Hall–Kier alpha value is -1.39. The molecule has 0 aliphatic carbocycles. The van der Waals surface area contributed by atoms with Crippen LogP contribution in [0.3, 0.4) is 0 Å². The minimum absolute atomic E-state index is 0.126. The smallest absolute Gasteiger partial charge is 0.279 e. The standard InChI is InChI=1S/C13H17NO3/c1-16-12(11-7-3-2-4-8-11)13(15)14-9-5-6-10-17-14/h2-4,7-8,12H,5-6,9-10H2,1H3. The van der Waals surface area contributed by atoms with Crippen molar-refractivity contribution in [1.82, 2.24) is 5.06 Å².